The Hall–Kier alpha value is -0.900. The fraction of sp³-hybridized carbons (Fsp3) is 0.778. The van der Waals surface area contributed by atoms with Crippen LogP contribution in [0.25, 0.3) is 0 Å². The van der Waals surface area contributed by atoms with Crippen LogP contribution >= 0.6 is 0 Å². The third-order valence-electron chi connectivity index (χ3n) is 2.37. The molecule has 0 unspecified atom stereocenters. The smallest absolute Gasteiger partial charge is 0.225 e. The highest BCUT2D eigenvalue weighted by atomic mass is 16.3. The Morgan fingerprint density at radius 3 is 2.77 bits per heavy atom. The summed E-state index contributed by atoms with van der Waals surface area (Å²) < 4.78 is 0. The van der Waals surface area contributed by atoms with Gasteiger partial charge < -0.3 is 10.0 Å². The molecule has 1 heterocycles. The third-order valence-corrected chi connectivity index (χ3v) is 2.37. The van der Waals surface area contributed by atoms with Gasteiger partial charge in [0.1, 0.15) is 0 Å². The van der Waals surface area contributed by atoms with Gasteiger partial charge in [-0.1, -0.05) is 0 Å². The van der Waals surface area contributed by atoms with Gasteiger partial charge in [0.25, 0.3) is 0 Å². The third kappa shape index (κ3) is 2.28. The molecular formula is C9H15NO3. The Labute approximate surface area is 77.5 Å². The number of aliphatic hydroxyl groups is 1. The largest absolute Gasteiger partial charge is 0.396 e. The van der Waals surface area contributed by atoms with E-state index < -0.39 is 0 Å². The van der Waals surface area contributed by atoms with Crippen LogP contribution in [0.15, 0.2) is 0 Å². The number of Topliss-reactive ketones (excluding diaryl/α,β-unsaturated/α-hetero) is 1. The molecule has 0 saturated carbocycles. The van der Waals surface area contributed by atoms with Crippen LogP contribution in [0.1, 0.15) is 26.2 Å². The van der Waals surface area contributed by atoms with Crippen molar-refractivity contribution in [3.8, 4) is 0 Å². The molecule has 1 aliphatic rings. The SMILES string of the molecule is CC(=O)[C@@H]1CCCN1C(=O)CCO. The maximum atomic E-state index is 11.4. The molecule has 1 fully saturated rings. The number of aliphatic hydroxyl groups excluding tert-OH is 1. The van der Waals surface area contributed by atoms with Crippen LogP contribution in [-0.2, 0) is 9.59 Å². The summed E-state index contributed by atoms with van der Waals surface area (Å²) in [6, 6.07) is -0.237. The van der Waals surface area contributed by atoms with E-state index in [1.807, 2.05) is 0 Å². The highest BCUT2D eigenvalue weighted by molar-refractivity contribution is 5.88. The monoisotopic (exact) mass is 185 g/mol. The molecule has 1 N–H and O–H groups in total. The maximum Gasteiger partial charge on any atom is 0.225 e. The van der Waals surface area contributed by atoms with E-state index in [2.05, 4.69) is 0 Å². The summed E-state index contributed by atoms with van der Waals surface area (Å²) in [6.07, 6.45) is 1.79. The zero-order valence-electron chi connectivity index (χ0n) is 7.82. The lowest BCUT2D eigenvalue weighted by Gasteiger charge is -2.22. The van der Waals surface area contributed by atoms with Crippen LogP contribution in [0.3, 0.4) is 0 Å². The fourth-order valence-corrected chi connectivity index (χ4v) is 1.73. The van der Waals surface area contributed by atoms with Gasteiger partial charge in [0.2, 0.25) is 5.91 Å². The number of rotatable bonds is 3. The number of hydrogen-bond donors (Lipinski definition) is 1. The van der Waals surface area contributed by atoms with E-state index in [4.69, 9.17) is 5.11 Å². The van der Waals surface area contributed by atoms with Gasteiger partial charge in [-0.2, -0.15) is 0 Å². The Bertz CT molecular complexity index is 215. The van der Waals surface area contributed by atoms with E-state index in [1.54, 1.807) is 4.90 Å². The molecule has 1 atom stereocenters. The summed E-state index contributed by atoms with van der Waals surface area (Å²) in [5, 5.41) is 8.59. The topological polar surface area (TPSA) is 57.6 Å². The molecule has 13 heavy (non-hydrogen) atoms. The Balaban J connectivity index is 2.57. The average Bonchev–Trinajstić information content (AvgIpc) is 2.52. The van der Waals surface area contributed by atoms with Gasteiger partial charge in [-0.05, 0) is 19.8 Å². The van der Waals surface area contributed by atoms with E-state index in [1.165, 1.54) is 6.92 Å². The normalized spacial score (nSPS) is 22.0. The standard InChI is InChI=1S/C9H15NO3/c1-7(12)8-3-2-5-10(8)9(13)4-6-11/h8,11H,2-6H2,1H3/t8-/m0/s1. The Morgan fingerprint density at radius 1 is 1.54 bits per heavy atom. The molecule has 0 aliphatic carbocycles. The minimum Gasteiger partial charge on any atom is -0.396 e. The lowest BCUT2D eigenvalue weighted by atomic mass is 10.1. The lowest BCUT2D eigenvalue weighted by molar-refractivity contribution is -0.137. The van der Waals surface area contributed by atoms with Gasteiger partial charge in [-0.3, -0.25) is 9.59 Å². The van der Waals surface area contributed by atoms with Crippen molar-refractivity contribution in [3.63, 3.8) is 0 Å². The predicted molar refractivity (Wildman–Crippen MR) is 47.1 cm³/mol. The number of carbonyl (C=O) groups is 2. The minimum atomic E-state index is -0.237. The first-order valence-corrected chi connectivity index (χ1v) is 4.57. The molecule has 0 aromatic carbocycles. The Morgan fingerprint density at radius 2 is 2.23 bits per heavy atom. The van der Waals surface area contributed by atoms with Crippen LogP contribution in [0, 0.1) is 0 Å². The van der Waals surface area contributed by atoms with Crippen molar-refractivity contribution in [2.75, 3.05) is 13.2 Å². The van der Waals surface area contributed by atoms with Gasteiger partial charge in [0.05, 0.1) is 12.6 Å². The summed E-state index contributed by atoms with van der Waals surface area (Å²) >= 11 is 0. The minimum absolute atomic E-state index is 0.0452. The van der Waals surface area contributed by atoms with Crippen molar-refractivity contribution in [2.45, 2.75) is 32.2 Å². The van der Waals surface area contributed by atoms with Gasteiger partial charge in [0.15, 0.2) is 5.78 Å². The van der Waals surface area contributed by atoms with E-state index in [9.17, 15) is 9.59 Å². The zero-order valence-corrected chi connectivity index (χ0v) is 7.82. The van der Waals surface area contributed by atoms with Crippen LogP contribution in [0.4, 0.5) is 0 Å². The molecule has 0 radical (unpaired) electrons. The summed E-state index contributed by atoms with van der Waals surface area (Å²) in [4.78, 5) is 24.1. The highest BCUT2D eigenvalue weighted by Gasteiger charge is 2.30. The molecule has 74 valence electrons. The first-order valence-electron chi connectivity index (χ1n) is 4.57. The molecule has 4 nitrogen and oxygen atoms in total. The van der Waals surface area contributed by atoms with Crippen LogP contribution < -0.4 is 0 Å². The Kier molecular flexibility index (Phi) is 3.42. The summed E-state index contributed by atoms with van der Waals surface area (Å²) in [6.45, 7) is 2.03. The molecule has 1 saturated heterocycles. The number of hydrogen-bond acceptors (Lipinski definition) is 3. The molecular weight excluding hydrogens is 170 g/mol. The van der Waals surface area contributed by atoms with Crippen LogP contribution in [-0.4, -0.2) is 40.9 Å². The second kappa shape index (κ2) is 4.37. The molecule has 0 spiro atoms. The molecule has 0 aromatic rings. The molecule has 0 aromatic heterocycles. The summed E-state index contributed by atoms with van der Waals surface area (Å²) in [7, 11) is 0. The average molecular weight is 185 g/mol. The van der Waals surface area contributed by atoms with Crippen molar-refractivity contribution < 1.29 is 14.7 Å². The van der Waals surface area contributed by atoms with Crippen molar-refractivity contribution >= 4 is 11.7 Å². The van der Waals surface area contributed by atoms with Crippen LogP contribution in [0.2, 0.25) is 0 Å². The highest BCUT2D eigenvalue weighted by Crippen LogP contribution is 2.18. The second-order valence-corrected chi connectivity index (χ2v) is 3.33. The predicted octanol–water partition coefficient (Wildman–Crippen LogP) is -0.0512. The molecule has 1 amide bonds. The summed E-state index contributed by atoms with van der Waals surface area (Å²) in [5.74, 6) is -0.0658. The first kappa shape index (κ1) is 10.2. The van der Waals surface area contributed by atoms with Gasteiger partial charge in [-0.25, -0.2) is 0 Å². The number of ketones is 1. The molecule has 1 rings (SSSR count). The summed E-state index contributed by atoms with van der Waals surface area (Å²) in [5.41, 5.74) is 0. The molecule has 0 bridgehead atoms. The van der Waals surface area contributed by atoms with Gasteiger partial charge in [0, 0.05) is 13.0 Å². The number of nitrogens with zero attached hydrogens (tertiary/aromatic N) is 1. The number of carbonyl (C=O) groups excluding carboxylic acids is 2. The van der Waals surface area contributed by atoms with Crippen molar-refractivity contribution in [1.82, 2.24) is 4.90 Å². The zero-order chi connectivity index (χ0) is 9.84. The van der Waals surface area contributed by atoms with Crippen LogP contribution in [0.5, 0.6) is 0 Å². The van der Waals surface area contributed by atoms with E-state index in [0.29, 0.717) is 6.54 Å². The van der Waals surface area contributed by atoms with Crippen molar-refractivity contribution in [2.24, 2.45) is 0 Å². The van der Waals surface area contributed by atoms with Gasteiger partial charge >= 0.3 is 0 Å². The quantitative estimate of drug-likeness (QED) is 0.670. The number of amides is 1. The molecule has 4 heteroatoms. The van der Waals surface area contributed by atoms with Gasteiger partial charge in [-0.15, -0.1) is 0 Å². The number of likely N-dealkylation sites (tertiary alicyclic amines) is 1. The molecule has 1 aliphatic heterocycles. The van der Waals surface area contributed by atoms with Crippen molar-refractivity contribution in [1.29, 1.82) is 0 Å². The second-order valence-electron chi connectivity index (χ2n) is 3.33. The maximum absolute atomic E-state index is 11.4. The van der Waals surface area contributed by atoms with E-state index >= 15 is 0 Å². The van der Waals surface area contributed by atoms with Crippen molar-refractivity contribution in [3.05, 3.63) is 0 Å². The first-order chi connectivity index (χ1) is 6.16. The van der Waals surface area contributed by atoms with E-state index in [-0.39, 0.29) is 30.8 Å². The fourth-order valence-electron chi connectivity index (χ4n) is 1.73. The van der Waals surface area contributed by atoms with E-state index in [0.717, 1.165) is 12.8 Å². The lowest BCUT2D eigenvalue weighted by Crippen LogP contribution is -2.39.